The van der Waals surface area contributed by atoms with Crippen molar-refractivity contribution in [3.8, 4) is 0 Å². The summed E-state index contributed by atoms with van der Waals surface area (Å²) < 4.78 is 69.6. The molecule has 220 valence electrons. The van der Waals surface area contributed by atoms with Crippen molar-refractivity contribution in [2.45, 2.75) is 70.7 Å². The summed E-state index contributed by atoms with van der Waals surface area (Å²) in [5.74, 6) is -4.18. The fraction of sp³-hybridized carbons (Fsp3) is 0.444. The molecule has 3 N–H and O–H groups in total. The molecule has 2 aromatic rings. The lowest BCUT2D eigenvalue weighted by Gasteiger charge is -2.25. The van der Waals surface area contributed by atoms with Crippen LogP contribution >= 0.6 is 0 Å². The van der Waals surface area contributed by atoms with E-state index < -0.39 is 57.4 Å². The summed E-state index contributed by atoms with van der Waals surface area (Å²) in [5, 5.41) is 4.49. The molecule has 0 aromatic heterocycles. The number of hydrogen-bond acceptors (Lipinski definition) is 6. The molecule has 0 radical (unpaired) electrons. The fourth-order valence-corrected chi connectivity index (χ4v) is 4.86. The second kappa shape index (κ2) is 13.6. The molecular formula is C27H34F3N3O6S. The van der Waals surface area contributed by atoms with Crippen LogP contribution in [0.5, 0.6) is 0 Å². The second-order valence-electron chi connectivity index (χ2n) is 10.4. The van der Waals surface area contributed by atoms with Crippen LogP contribution in [0.15, 0.2) is 54.6 Å². The first-order valence-electron chi connectivity index (χ1n) is 12.4. The van der Waals surface area contributed by atoms with Crippen molar-refractivity contribution in [3.05, 3.63) is 71.3 Å². The molecule has 3 amide bonds. The summed E-state index contributed by atoms with van der Waals surface area (Å²) in [6.45, 7) is 6.32. The van der Waals surface area contributed by atoms with Gasteiger partial charge in [-0.1, -0.05) is 61.5 Å². The maximum absolute atomic E-state index is 12.8. The first kappa shape index (κ1) is 32.6. The molecule has 13 heteroatoms. The van der Waals surface area contributed by atoms with Crippen LogP contribution in [0.25, 0.3) is 0 Å². The van der Waals surface area contributed by atoms with E-state index in [-0.39, 0.29) is 18.5 Å². The SMILES string of the molecule is C[C@@H](C[C@H](Cc1ccccc1)NC(=O)OC(C)(C)C)C(=O)NS(=O)(=O)Cc1ccc(CNC(=O)C(F)(F)F)cc1. The van der Waals surface area contributed by atoms with E-state index in [0.29, 0.717) is 12.0 Å². The summed E-state index contributed by atoms with van der Waals surface area (Å²) in [6, 6.07) is 14.3. The van der Waals surface area contributed by atoms with E-state index in [1.807, 2.05) is 35.1 Å². The fourth-order valence-electron chi connectivity index (χ4n) is 3.65. The van der Waals surface area contributed by atoms with Gasteiger partial charge < -0.3 is 15.4 Å². The first-order valence-corrected chi connectivity index (χ1v) is 14.1. The smallest absolute Gasteiger partial charge is 0.444 e. The number of benzene rings is 2. The molecule has 0 heterocycles. The number of ether oxygens (including phenoxy) is 1. The molecule has 2 aromatic carbocycles. The van der Waals surface area contributed by atoms with E-state index in [0.717, 1.165) is 5.56 Å². The number of carbonyl (C=O) groups excluding carboxylic acids is 3. The number of sulfonamides is 1. The van der Waals surface area contributed by atoms with E-state index in [9.17, 15) is 36.0 Å². The Hall–Kier alpha value is -3.61. The van der Waals surface area contributed by atoms with E-state index in [2.05, 4.69) is 5.32 Å². The molecule has 2 rings (SSSR count). The number of amides is 3. The van der Waals surface area contributed by atoms with Crippen molar-refractivity contribution in [1.29, 1.82) is 0 Å². The zero-order valence-corrected chi connectivity index (χ0v) is 23.5. The second-order valence-corrected chi connectivity index (χ2v) is 12.1. The lowest BCUT2D eigenvalue weighted by molar-refractivity contribution is -0.173. The van der Waals surface area contributed by atoms with Crippen LogP contribution in [0, 0.1) is 5.92 Å². The summed E-state index contributed by atoms with van der Waals surface area (Å²) in [5.41, 5.74) is 0.796. The molecule has 0 unspecified atom stereocenters. The van der Waals surface area contributed by atoms with Gasteiger partial charge in [0.2, 0.25) is 15.9 Å². The molecular weight excluding hydrogens is 551 g/mol. The molecule has 40 heavy (non-hydrogen) atoms. The first-order chi connectivity index (χ1) is 18.4. The molecule has 0 saturated carbocycles. The average Bonchev–Trinajstić information content (AvgIpc) is 2.81. The topological polar surface area (TPSA) is 131 Å². The zero-order chi connectivity index (χ0) is 30.1. The highest BCUT2D eigenvalue weighted by Crippen LogP contribution is 2.17. The standard InChI is InChI=1S/C27H34F3N3O6S/c1-18(14-22(15-19-8-6-5-7-9-19)32-25(36)39-26(2,3)4)23(34)33-40(37,38)17-21-12-10-20(11-13-21)16-31-24(35)27(28,29)30/h5-13,18,22H,14-17H2,1-4H3,(H,31,35)(H,32,36)(H,33,34)/t18-,22+/m0/s1. The van der Waals surface area contributed by atoms with Crippen molar-refractivity contribution in [2.75, 3.05) is 0 Å². The van der Waals surface area contributed by atoms with E-state index in [1.54, 1.807) is 33.0 Å². The Bertz CT molecular complexity index is 1260. The van der Waals surface area contributed by atoms with Crippen molar-refractivity contribution >= 4 is 27.9 Å². The Morgan fingerprint density at radius 2 is 1.48 bits per heavy atom. The monoisotopic (exact) mass is 585 g/mol. The Labute approximate surface area is 231 Å². The van der Waals surface area contributed by atoms with Crippen LogP contribution < -0.4 is 15.4 Å². The Kier molecular flexibility index (Phi) is 11.1. The molecule has 0 aliphatic carbocycles. The number of hydrogen-bond donors (Lipinski definition) is 3. The van der Waals surface area contributed by atoms with Gasteiger partial charge in [-0.25, -0.2) is 13.2 Å². The van der Waals surface area contributed by atoms with Crippen molar-refractivity contribution in [2.24, 2.45) is 5.92 Å². The van der Waals surface area contributed by atoms with Gasteiger partial charge in [-0.05, 0) is 50.3 Å². The number of rotatable bonds is 11. The highest BCUT2D eigenvalue weighted by Gasteiger charge is 2.38. The van der Waals surface area contributed by atoms with E-state index in [4.69, 9.17) is 4.74 Å². The van der Waals surface area contributed by atoms with Gasteiger partial charge in [0.05, 0.1) is 5.75 Å². The van der Waals surface area contributed by atoms with Crippen LogP contribution in [-0.2, 0) is 43.1 Å². The van der Waals surface area contributed by atoms with Crippen molar-refractivity contribution < 1.29 is 40.7 Å². The van der Waals surface area contributed by atoms with Gasteiger partial charge >= 0.3 is 18.2 Å². The molecule has 0 aliphatic rings. The molecule has 2 atom stereocenters. The third-order valence-electron chi connectivity index (χ3n) is 5.48. The van der Waals surface area contributed by atoms with Crippen molar-refractivity contribution in [3.63, 3.8) is 0 Å². The van der Waals surface area contributed by atoms with Crippen LogP contribution in [0.2, 0.25) is 0 Å². The van der Waals surface area contributed by atoms with Crippen molar-refractivity contribution in [1.82, 2.24) is 15.4 Å². The van der Waals surface area contributed by atoms with Crippen LogP contribution in [-0.4, -0.2) is 44.1 Å². The zero-order valence-electron chi connectivity index (χ0n) is 22.7. The molecule has 0 spiro atoms. The Morgan fingerprint density at radius 1 is 0.900 bits per heavy atom. The Balaban J connectivity index is 1.99. The minimum atomic E-state index is -5.00. The maximum Gasteiger partial charge on any atom is 0.471 e. The van der Waals surface area contributed by atoms with Crippen LogP contribution in [0.4, 0.5) is 18.0 Å². The quantitative estimate of drug-likeness (QED) is 0.366. The minimum absolute atomic E-state index is 0.133. The van der Waals surface area contributed by atoms with E-state index in [1.165, 1.54) is 24.3 Å². The summed E-state index contributed by atoms with van der Waals surface area (Å²) in [4.78, 5) is 36.1. The summed E-state index contributed by atoms with van der Waals surface area (Å²) >= 11 is 0. The molecule has 0 saturated heterocycles. The van der Waals surface area contributed by atoms with Crippen LogP contribution in [0.1, 0.15) is 50.8 Å². The highest BCUT2D eigenvalue weighted by atomic mass is 32.2. The number of nitrogens with one attached hydrogen (secondary N) is 3. The molecule has 0 fully saturated rings. The normalized spacial score (nSPS) is 13.6. The predicted octanol–water partition coefficient (Wildman–Crippen LogP) is 3.97. The average molecular weight is 586 g/mol. The van der Waals surface area contributed by atoms with Gasteiger partial charge in [0.1, 0.15) is 5.60 Å². The van der Waals surface area contributed by atoms with Gasteiger partial charge in [0.25, 0.3) is 0 Å². The number of carbonyl (C=O) groups is 3. The molecule has 0 bridgehead atoms. The van der Waals surface area contributed by atoms with Gasteiger partial charge in [-0.3, -0.25) is 14.3 Å². The number of alkyl halides is 3. The molecule has 9 nitrogen and oxygen atoms in total. The number of alkyl carbamates (subject to hydrolysis) is 1. The largest absolute Gasteiger partial charge is 0.471 e. The van der Waals surface area contributed by atoms with Gasteiger partial charge in [-0.2, -0.15) is 13.2 Å². The molecule has 0 aliphatic heterocycles. The van der Waals surface area contributed by atoms with Gasteiger partial charge in [0, 0.05) is 18.5 Å². The Morgan fingerprint density at radius 3 is 2.02 bits per heavy atom. The minimum Gasteiger partial charge on any atom is -0.444 e. The third-order valence-corrected chi connectivity index (χ3v) is 6.70. The maximum atomic E-state index is 12.8. The van der Waals surface area contributed by atoms with E-state index >= 15 is 0 Å². The highest BCUT2D eigenvalue weighted by molar-refractivity contribution is 7.89. The third kappa shape index (κ3) is 12.1. The lowest BCUT2D eigenvalue weighted by atomic mass is 9.96. The lowest BCUT2D eigenvalue weighted by Crippen LogP contribution is -2.43. The van der Waals surface area contributed by atoms with Crippen LogP contribution in [0.3, 0.4) is 0 Å². The summed E-state index contributed by atoms with van der Waals surface area (Å²) in [7, 11) is -4.11. The van der Waals surface area contributed by atoms with Gasteiger partial charge in [-0.15, -0.1) is 0 Å². The predicted molar refractivity (Wildman–Crippen MR) is 142 cm³/mol. The number of halogens is 3. The summed E-state index contributed by atoms with van der Waals surface area (Å²) in [6.07, 6.45) is -5.14. The van der Waals surface area contributed by atoms with Gasteiger partial charge in [0.15, 0.2) is 0 Å².